The van der Waals surface area contributed by atoms with Gasteiger partial charge in [0, 0.05) is 38.4 Å². The summed E-state index contributed by atoms with van der Waals surface area (Å²) < 4.78 is 0. The van der Waals surface area contributed by atoms with E-state index in [1.807, 2.05) is 7.05 Å². The third-order valence-electron chi connectivity index (χ3n) is 11.7. The molecule has 4 aliphatic carbocycles. The van der Waals surface area contributed by atoms with E-state index >= 15 is 0 Å². The lowest BCUT2D eigenvalue weighted by molar-refractivity contribution is -0.138. The topological polar surface area (TPSA) is 71.0 Å². The highest BCUT2D eigenvalue weighted by Gasteiger charge is 2.60. The Morgan fingerprint density at radius 2 is 1.86 bits per heavy atom. The summed E-state index contributed by atoms with van der Waals surface area (Å²) in [6, 6.07) is 0.335. The quantitative estimate of drug-likeness (QED) is 0.317. The van der Waals surface area contributed by atoms with Gasteiger partial charge in [-0.1, -0.05) is 25.9 Å². The van der Waals surface area contributed by atoms with Crippen molar-refractivity contribution in [1.29, 1.82) is 0 Å². The van der Waals surface area contributed by atoms with E-state index in [2.05, 4.69) is 38.2 Å². The van der Waals surface area contributed by atoms with Gasteiger partial charge in [0.05, 0.1) is 5.71 Å². The summed E-state index contributed by atoms with van der Waals surface area (Å²) >= 11 is 0. The molecule has 1 aliphatic heterocycles. The molecule has 1 saturated heterocycles. The number of carbonyl (C=O) groups is 2. The maximum absolute atomic E-state index is 12.6. The van der Waals surface area contributed by atoms with E-state index in [4.69, 9.17) is 4.84 Å². The van der Waals surface area contributed by atoms with E-state index < -0.39 is 0 Å². The first-order valence-electron chi connectivity index (χ1n) is 14.3. The minimum atomic E-state index is -0.355. The van der Waals surface area contributed by atoms with Crippen LogP contribution in [0.15, 0.2) is 5.16 Å². The Hall–Kier alpha value is -1.43. The van der Waals surface area contributed by atoms with Crippen molar-refractivity contribution in [2.75, 3.05) is 20.1 Å². The predicted molar refractivity (Wildman–Crippen MR) is 138 cm³/mol. The van der Waals surface area contributed by atoms with Crippen molar-refractivity contribution in [3.8, 4) is 0 Å². The smallest absolute Gasteiger partial charge is 0.312 e. The van der Waals surface area contributed by atoms with E-state index in [9.17, 15) is 9.59 Å². The van der Waals surface area contributed by atoms with Crippen molar-refractivity contribution in [3.63, 3.8) is 0 Å². The number of oxime groups is 1. The number of amides is 1. The van der Waals surface area contributed by atoms with Gasteiger partial charge in [-0.05, 0) is 105 Å². The minimum Gasteiger partial charge on any atom is -0.312 e. The lowest BCUT2D eigenvalue weighted by atomic mass is 9.44. The van der Waals surface area contributed by atoms with Gasteiger partial charge < -0.3 is 10.2 Å². The molecule has 0 aromatic carbocycles. The zero-order valence-electron chi connectivity index (χ0n) is 22.6. The highest BCUT2D eigenvalue weighted by atomic mass is 16.7. The van der Waals surface area contributed by atoms with E-state index in [0.29, 0.717) is 41.5 Å². The molecule has 0 aromatic heterocycles. The molecule has 0 radical (unpaired) electrons. The molecule has 35 heavy (non-hydrogen) atoms. The molecule has 2 unspecified atom stereocenters. The molecule has 6 nitrogen and oxygen atoms in total. The van der Waals surface area contributed by atoms with Crippen LogP contribution in [0.5, 0.6) is 0 Å². The Bertz CT molecular complexity index is 873. The van der Waals surface area contributed by atoms with Crippen LogP contribution in [-0.4, -0.2) is 48.7 Å². The first kappa shape index (κ1) is 25.2. The Morgan fingerprint density at radius 3 is 2.60 bits per heavy atom. The first-order valence-corrected chi connectivity index (χ1v) is 14.3. The fraction of sp³-hybridized carbons (Fsp3) is 0.897. The summed E-state index contributed by atoms with van der Waals surface area (Å²) in [5.41, 5.74) is 1.58. The fourth-order valence-electron chi connectivity index (χ4n) is 9.49. The third kappa shape index (κ3) is 4.36. The second-order valence-electron chi connectivity index (χ2n) is 13.4. The zero-order chi connectivity index (χ0) is 25.0. The van der Waals surface area contributed by atoms with Gasteiger partial charge in [-0.15, -0.1) is 0 Å². The number of hydrogen-bond acceptors (Lipinski definition) is 5. The molecule has 5 aliphatic rings. The van der Waals surface area contributed by atoms with Crippen molar-refractivity contribution in [2.24, 2.45) is 51.5 Å². The van der Waals surface area contributed by atoms with E-state index in [1.54, 1.807) is 4.90 Å². The molecule has 0 bridgehead atoms. The standard InChI is InChI=1S/C29H47N3O3/c1-18-12-15-30-26(18)17-32(5)27(34)35-31-19(2)23-8-9-24-22-7-6-20-16-21(33)10-13-28(20,3)25(22)11-14-29(23,24)4/h18,20,22-26,30H,6-17H2,1-5H3/b31-19+/t18?,20-,22-,23+,24-,25-,26?,28-,29+/m0/s1. The van der Waals surface area contributed by atoms with Crippen molar-refractivity contribution in [2.45, 2.75) is 97.9 Å². The van der Waals surface area contributed by atoms with Gasteiger partial charge in [0.15, 0.2) is 0 Å². The van der Waals surface area contributed by atoms with Crippen LogP contribution in [0.3, 0.4) is 0 Å². The van der Waals surface area contributed by atoms with Crippen LogP contribution in [-0.2, 0) is 9.63 Å². The second kappa shape index (κ2) is 9.46. The van der Waals surface area contributed by atoms with E-state index in [1.165, 1.54) is 32.1 Å². The number of nitrogens with one attached hydrogen (secondary N) is 1. The van der Waals surface area contributed by atoms with Gasteiger partial charge in [0.25, 0.3) is 0 Å². The van der Waals surface area contributed by atoms with Gasteiger partial charge in [-0.25, -0.2) is 4.79 Å². The number of ketones is 1. The molecule has 1 heterocycles. The summed E-state index contributed by atoms with van der Waals surface area (Å²) in [5.74, 6) is 4.33. The summed E-state index contributed by atoms with van der Waals surface area (Å²) in [4.78, 5) is 31.9. The van der Waals surface area contributed by atoms with Crippen LogP contribution in [0, 0.1) is 46.3 Å². The van der Waals surface area contributed by atoms with Crippen molar-refractivity contribution in [3.05, 3.63) is 0 Å². The molecular formula is C29H47N3O3. The maximum Gasteiger partial charge on any atom is 0.435 e. The molecule has 6 heteroatoms. The Balaban J connectivity index is 1.23. The lowest BCUT2D eigenvalue weighted by Gasteiger charge is -2.60. The average molecular weight is 486 g/mol. The number of carbonyl (C=O) groups excluding carboxylic acids is 2. The van der Waals surface area contributed by atoms with Crippen molar-refractivity contribution >= 4 is 17.6 Å². The Morgan fingerprint density at radius 1 is 1.09 bits per heavy atom. The summed E-state index contributed by atoms with van der Waals surface area (Å²) in [7, 11) is 1.81. The van der Waals surface area contributed by atoms with Gasteiger partial charge in [-0.2, -0.15) is 0 Å². The van der Waals surface area contributed by atoms with Crippen molar-refractivity contribution < 1.29 is 14.4 Å². The summed E-state index contributed by atoms with van der Waals surface area (Å²) in [5, 5.41) is 7.90. The van der Waals surface area contributed by atoms with Gasteiger partial charge in [0.2, 0.25) is 0 Å². The Labute approximate surface area is 212 Å². The minimum absolute atomic E-state index is 0.240. The number of nitrogens with zero attached hydrogens (tertiary/aromatic N) is 2. The van der Waals surface area contributed by atoms with Crippen LogP contribution in [0.4, 0.5) is 4.79 Å². The molecule has 5 fully saturated rings. The largest absolute Gasteiger partial charge is 0.435 e. The normalized spacial score (nSPS) is 45.5. The Kier molecular flexibility index (Phi) is 6.82. The molecule has 9 atom stereocenters. The molecule has 1 N–H and O–H groups in total. The van der Waals surface area contributed by atoms with Gasteiger partial charge in [0.1, 0.15) is 5.78 Å². The maximum atomic E-state index is 12.6. The highest BCUT2D eigenvalue weighted by molar-refractivity contribution is 5.85. The number of likely N-dealkylation sites (N-methyl/N-ethyl adjacent to an activating group) is 1. The number of hydrogen-bond donors (Lipinski definition) is 1. The second-order valence-corrected chi connectivity index (χ2v) is 13.4. The average Bonchev–Trinajstić information content (AvgIpc) is 3.39. The van der Waals surface area contributed by atoms with Crippen LogP contribution in [0.1, 0.15) is 91.9 Å². The van der Waals surface area contributed by atoms with Gasteiger partial charge in [-0.3, -0.25) is 9.63 Å². The molecule has 4 saturated carbocycles. The predicted octanol–water partition coefficient (Wildman–Crippen LogP) is 5.66. The van der Waals surface area contributed by atoms with Crippen LogP contribution in [0.2, 0.25) is 0 Å². The third-order valence-corrected chi connectivity index (χ3v) is 11.7. The van der Waals surface area contributed by atoms with Gasteiger partial charge >= 0.3 is 6.09 Å². The van der Waals surface area contributed by atoms with Crippen LogP contribution >= 0.6 is 0 Å². The summed E-state index contributed by atoms with van der Waals surface area (Å²) in [6.45, 7) is 11.0. The lowest BCUT2D eigenvalue weighted by Crippen LogP contribution is -2.53. The first-order chi connectivity index (χ1) is 16.6. The van der Waals surface area contributed by atoms with Crippen LogP contribution < -0.4 is 5.32 Å². The SMILES string of the molecule is C/C(=N\OC(=O)N(C)CC1NCCC1C)[C@H]1CC[C@H]2[C@@H]3CC[C@H]4CC(=O)CC[C@]4(C)[C@H]3CC[C@]12C. The van der Waals surface area contributed by atoms with E-state index in [-0.39, 0.29) is 11.5 Å². The molecule has 196 valence electrons. The van der Waals surface area contributed by atoms with E-state index in [0.717, 1.165) is 62.1 Å². The number of fused-ring (bicyclic) bond motifs is 5. The summed E-state index contributed by atoms with van der Waals surface area (Å²) in [6.07, 6.45) is 10.9. The number of Topliss-reactive ketones (excluding diaryl/α,β-unsaturated/α-hetero) is 1. The molecule has 5 rings (SSSR count). The fourth-order valence-corrected chi connectivity index (χ4v) is 9.49. The highest BCUT2D eigenvalue weighted by Crippen LogP contribution is 2.67. The molecule has 0 spiro atoms. The van der Waals surface area contributed by atoms with Crippen molar-refractivity contribution in [1.82, 2.24) is 10.2 Å². The van der Waals surface area contributed by atoms with Crippen LogP contribution in [0.25, 0.3) is 0 Å². The molecule has 0 aromatic rings. The number of rotatable bonds is 4. The molecule has 1 amide bonds. The zero-order valence-corrected chi connectivity index (χ0v) is 22.6. The molecular weight excluding hydrogens is 438 g/mol. The monoisotopic (exact) mass is 485 g/mol.